The van der Waals surface area contributed by atoms with Crippen LogP contribution in [-0.4, -0.2) is 16.4 Å². The van der Waals surface area contributed by atoms with Crippen LogP contribution >= 0.6 is 27.5 Å². The SMILES string of the molecule is Cn1cc(Br)cc1C(=O)NNC(=O)Cc1ccc(Cl)cc1. The minimum Gasteiger partial charge on any atom is -0.345 e. The van der Waals surface area contributed by atoms with Crippen LogP contribution < -0.4 is 10.9 Å². The van der Waals surface area contributed by atoms with Crippen molar-refractivity contribution in [2.24, 2.45) is 7.05 Å². The van der Waals surface area contributed by atoms with Gasteiger partial charge in [0.15, 0.2) is 0 Å². The summed E-state index contributed by atoms with van der Waals surface area (Å²) in [5, 5.41) is 0.613. The van der Waals surface area contributed by atoms with Crippen LogP contribution in [0.3, 0.4) is 0 Å². The second-order valence-electron chi connectivity index (χ2n) is 4.46. The fourth-order valence-corrected chi connectivity index (χ4v) is 2.42. The van der Waals surface area contributed by atoms with Crippen molar-refractivity contribution in [2.45, 2.75) is 6.42 Å². The van der Waals surface area contributed by atoms with Crippen molar-refractivity contribution in [1.82, 2.24) is 15.4 Å². The summed E-state index contributed by atoms with van der Waals surface area (Å²) >= 11 is 9.05. The molecule has 2 rings (SSSR count). The van der Waals surface area contributed by atoms with Gasteiger partial charge >= 0.3 is 0 Å². The van der Waals surface area contributed by atoms with Crippen LogP contribution in [0.25, 0.3) is 0 Å². The molecule has 0 aliphatic carbocycles. The first-order chi connectivity index (χ1) is 9.95. The van der Waals surface area contributed by atoms with Gasteiger partial charge in [-0.1, -0.05) is 23.7 Å². The molecule has 0 spiro atoms. The molecule has 1 aromatic carbocycles. The Labute approximate surface area is 135 Å². The van der Waals surface area contributed by atoms with Crippen LogP contribution in [0.15, 0.2) is 41.0 Å². The van der Waals surface area contributed by atoms with Crippen molar-refractivity contribution in [3.05, 3.63) is 57.3 Å². The fourth-order valence-electron chi connectivity index (χ4n) is 1.77. The van der Waals surface area contributed by atoms with E-state index in [9.17, 15) is 9.59 Å². The number of hydrogen-bond acceptors (Lipinski definition) is 2. The molecule has 2 N–H and O–H groups in total. The van der Waals surface area contributed by atoms with Crippen molar-refractivity contribution in [2.75, 3.05) is 0 Å². The Morgan fingerprint density at radius 1 is 1.24 bits per heavy atom. The predicted octanol–water partition coefficient (Wildman–Crippen LogP) is 2.44. The molecule has 1 aromatic heterocycles. The van der Waals surface area contributed by atoms with Gasteiger partial charge in [0.25, 0.3) is 5.91 Å². The lowest BCUT2D eigenvalue weighted by Crippen LogP contribution is -2.42. The molecule has 0 saturated heterocycles. The highest BCUT2D eigenvalue weighted by molar-refractivity contribution is 9.10. The number of carbonyl (C=O) groups excluding carboxylic acids is 2. The molecular weight excluding hydrogens is 358 g/mol. The van der Waals surface area contributed by atoms with Crippen LogP contribution in [0.2, 0.25) is 5.02 Å². The Morgan fingerprint density at radius 3 is 2.48 bits per heavy atom. The highest BCUT2D eigenvalue weighted by atomic mass is 79.9. The Morgan fingerprint density at radius 2 is 1.90 bits per heavy atom. The van der Waals surface area contributed by atoms with Gasteiger partial charge < -0.3 is 4.57 Å². The van der Waals surface area contributed by atoms with Crippen molar-refractivity contribution in [3.8, 4) is 0 Å². The molecule has 0 aliphatic rings. The average Bonchev–Trinajstić information content (AvgIpc) is 2.78. The van der Waals surface area contributed by atoms with Gasteiger partial charge in [-0.05, 0) is 39.7 Å². The van der Waals surface area contributed by atoms with E-state index in [2.05, 4.69) is 26.8 Å². The second kappa shape index (κ2) is 6.78. The van der Waals surface area contributed by atoms with Gasteiger partial charge in [-0.15, -0.1) is 0 Å². The van der Waals surface area contributed by atoms with Gasteiger partial charge in [-0.2, -0.15) is 0 Å². The number of halogens is 2. The number of aryl methyl sites for hydroxylation is 1. The third-order valence-electron chi connectivity index (χ3n) is 2.80. The number of carbonyl (C=O) groups is 2. The van der Waals surface area contributed by atoms with E-state index in [0.717, 1.165) is 10.0 Å². The zero-order valence-corrected chi connectivity index (χ0v) is 13.5. The first-order valence-electron chi connectivity index (χ1n) is 6.11. The summed E-state index contributed by atoms with van der Waals surface area (Å²) in [6.45, 7) is 0. The lowest BCUT2D eigenvalue weighted by molar-refractivity contribution is -0.121. The number of aromatic nitrogens is 1. The molecule has 0 radical (unpaired) electrons. The molecule has 0 unspecified atom stereocenters. The Bertz CT molecular complexity index is 667. The van der Waals surface area contributed by atoms with E-state index in [4.69, 9.17) is 11.6 Å². The zero-order chi connectivity index (χ0) is 15.4. The maximum atomic E-state index is 11.9. The normalized spacial score (nSPS) is 10.2. The summed E-state index contributed by atoms with van der Waals surface area (Å²) in [5.74, 6) is -0.688. The Kier molecular flexibility index (Phi) is 5.03. The van der Waals surface area contributed by atoms with E-state index < -0.39 is 0 Å². The van der Waals surface area contributed by atoms with E-state index in [1.807, 2.05) is 0 Å². The minimum absolute atomic E-state index is 0.161. The molecule has 5 nitrogen and oxygen atoms in total. The molecular formula is C14H13BrClN3O2. The second-order valence-corrected chi connectivity index (χ2v) is 5.81. The van der Waals surface area contributed by atoms with Crippen LogP contribution in [0.1, 0.15) is 16.1 Å². The van der Waals surface area contributed by atoms with Crippen LogP contribution in [-0.2, 0) is 18.3 Å². The summed E-state index contributed by atoms with van der Waals surface area (Å²) in [6.07, 6.45) is 1.92. The molecule has 2 amide bonds. The highest BCUT2D eigenvalue weighted by Gasteiger charge is 2.12. The maximum absolute atomic E-state index is 11.9. The number of benzene rings is 1. The molecule has 110 valence electrons. The fraction of sp³-hybridized carbons (Fsp3) is 0.143. The van der Waals surface area contributed by atoms with E-state index in [-0.39, 0.29) is 18.2 Å². The maximum Gasteiger partial charge on any atom is 0.286 e. The van der Waals surface area contributed by atoms with Crippen LogP contribution in [0, 0.1) is 0 Å². The highest BCUT2D eigenvalue weighted by Crippen LogP contribution is 2.13. The zero-order valence-electron chi connectivity index (χ0n) is 11.2. The number of hydrogen-bond donors (Lipinski definition) is 2. The van der Waals surface area contributed by atoms with Crippen LogP contribution in [0.4, 0.5) is 0 Å². The van der Waals surface area contributed by atoms with Gasteiger partial charge in [-0.25, -0.2) is 0 Å². The number of amides is 2. The molecule has 0 atom stereocenters. The first-order valence-corrected chi connectivity index (χ1v) is 7.28. The van der Waals surface area contributed by atoms with Crippen molar-refractivity contribution >= 4 is 39.3 Å². The molecule has 0 saturated carbocycles. The van der Waals surface area contributed by atoms with Crippen LogP contribution in [0.5, 0.6) is 0 Å². The first kappa shape index (κ1) is 15.6. The molecule has 0 aliphatic heterocycles. The number of nitrogens with one attached hydrogen (secondary N) is 2. The number of nitrogens with zero attached hydrogens (tertiary/aromatic N) is 1. The molecule has 0 fully saturated rings. The third kappa shape index (κ3) is 4.34. The number of hydrazine groups is 1. The van der Waals surface area contributed by atoms with E-state index in [0.29, 0.717) is 10.7 Å². The Balaban J connectivity index is 1.88. The number of rotatable bonds is 3. The van der Waals surface area contributed by atoms with Gasteiger partial charge in [0.1, 0.15) is 5.69 Å². The smallest absolute Gasteiger partial charge is 0.286 e. The molecule has 7 heteroatoms. The topological polar surface area (TPSA) is 63.1 Å². The van der Waals surface area contributed by atoms with Crippen molar-refractivity contribution in [1.29, 1.82) is 0 Å². The van der Waals surface area contributed by atoms with E-state index in [1.54, 1.807) is 48.1 Å². The summed E-state index contributed by atoms with van der Waals surface area (Å²) in [7, 11) is 1.75. The standard InChI is InChI=1S/C14H13BrClN3O2/c1-19-8-10(15)7-12(19)14(21)18-17-13(20)6-9-2-4-11(16)5-3-9/h2-5,7-8H,6H2,1H3,(H,17,20)(H,18,21). The summed E-state index contributed by atoms with van der Waals surface area (Å²) < 4.78 is 2.45. The average molecular weight is 371 g/mol. The van der Waals surface area contributed by atoms with Crippen molar-refractivity contribution < 1.29 is 9.59 Å². The summed E-state index contributed by atoms with van der Waals surface area (Å²) in [6, 6.07) is 8.62. The van der Waals surface area contributed by atoms with E-state index in [1.165, 1.54) is 0 Å². The lowest BCUT2D eigenvalue weighted by Gasteiger charge is -2.08. The van der Waals surface area contributed by atoms with Crippen molar-refractivity contribution in [3.63, 3.8) is 0 Å². The lowest BCUT2D eigenvalue weighted by atomic mass is 10.1. The minimum atomic E-state index is -0.382. The Hall–Kier alpha value is -1.79. The van der Waals surface area contributed by atoms with Gasteiger partial charge in [0, 0.05) is 22.7 Å². The largest absolute Gasteiger partial charge is 0.345 e. The predicted molar refractivity (Wildman–Crippen MR) is 83.9 cm³/mol. The quantitative estimate of drug-likeness (QED) is 0.815. The van der Waals surface area contributed by atoms with Gasteiger partial charge in [-0.3, -0.25) is 20.4 Å². The van der Waals surface area contributed by atoms with Gasteiger partial charge in [0.05, 0.1) is 6.42 Å². The molecule has 1 heterocycles. The monoisotopic (exact) mass is 369 g/mol. The molecule has 2 aromatic rings. The third-order valence-corrected chi connectivity index (χ3v) is 3.48. The summed E-state index contributed by atoms with van der Waals surface area (Å²) in [4.78, 5) is 23.6. The van der Waals surface area contributed by atoms with Gasteiger partial charge in [0.2, 0.25) is 5.91 Å². The molecule has 21 heavy (non-hydrogen) atoms. The van der Waals surface area contributed by atoms with E-state index >= 15 is 0 Å². The molecule has 0 bridgehead atoms. The summed E-state index contributed by atoms with van der Waals surface area (Å²) in [5.41, 5.74) is 6.01.